The highest BCUT2D eigenvalue weighted by Gasteiger charge is 2.16. The van der Waals surface area contributed by atoms with Gasteiger partial charge >= 0.3 is 5.97 Å². The van der Waals surface area contributed by atoms with Crippen LogP contribution in [0.3, 0.4) is 0 Å². The van der Waals surface area contributed by atoms with Gasteiger partial charge in [0.25, 0.3) is 0 Å². The zero-order chi connectivity index (χ0) is 14.5. The number of methoxy groups -OCH3 is 1. The van der Waals surface area contributed by atoms with Gasteiger partial charge in [-0.1, -0.05) is 18.2 Å². The van der Waals surface area contributed by atoms with Crippen molar-refractivity contribution in [1.29, 1.82) is 0 Å². The Balaban J connectivity index is 2.06. The van der Waals surface area contributed by atoms with Crippen LogP contribution < -0.4 is 4.74 Å². The second kappa shape index (κ2) is 6.14. The molecule has 0 aliphatic carbocycles. The molecule has 20 heavy (non-hydrogen) atoms. The first-order chi connectivity index (χ1) is 9.61. The van der Waals surface area contributed by atoms with Gasteiger partial charge in [0, 0.05) is 0 Å². The molecule has 0 aliphatic heterocycles. The molecule has 0 saturated heterocycles. The van der Waals surface area contributed by atoms with Gasteiger partial charge in [0.2, 0.25) is 0 Å². The summed E-state index contributed by atoms with van der Waals surface area (Å²) in [4.78, 5) is 11.7. The molecule has 0 aliphatic rings. The SMILES string of the molecule is COc1cccc(COC(=O)c2cccc(F)c2F)c1. The summed E-state index contributed by atoms with van der Waals surface area (Å²) in [5.74, 6) is -2.58. The number of carbonyl (C=O) groups is 1. The highest BCUT2D eigenvalue weighted by atomic mass is 19.2. The minimum Gasteiger partial charge on any atom is -0.497 e. The van der Waals surface area contributed by atoms with Crippen LogP contribution in [0.2, 0.25) is 0 Å². The summed E-state index contributed by atoms with van der Waals surface area (Å²) in [6, 6.07) is 10.3. The smallest absolute Gasteiger partial charge is 0.341 e. The molecule has 0 unspecified atom stereocenters. The van der Waals surface area contributed by atoms with Crippen LogP contribution in [0.1, 0.15) is 15.9 Å². The van der Waals surface area contributed by atoms with Crippen LogP contribution in [0, 0.1) is 11.6 Å². The van der Waals surface area contributed by atoms with E-state index in [2.05, 4.69) is 0 Å². The van der Waals surface area contributed by atoms with Crippen molar-refractivity contribution in [1.82, 2.24) is 0 Å². The van der Waals surface area contributed by atoms with Crippen molar-refractivity contribution in [2.75, 3.05) is 7.11 Å². The first-order valence-corrected chi connectivity index (χ1v) is 5.86. The molecule has 0 heterocycles. The van der Waals surface area contributed by atoms with Crippen LogP contribution in [0.5, 0.6) is 5.75 Å². The molecule has 5 heteroatoms. The van der Waals surface area contributed by atoms with Crippen molar-refractivity contribution in [3.63, 3.8) is 0 Å². The van der Waals surface area contributed by atoms with Gasteiger partial charge in [-0.15, -0.1) is 0 Å². The van der Waals surface area contributed by atoms with E-state index in [1.165, 1.54) is 19.2 Å². The van der Waals surface area contributed by atoms with Crippen LogP contribution >= 0.6 is 0 Å². The number of benzene rings is 2. The molecule has 0 atom stereocenters. The predicted octanol–water partition coefficient (Wildman–Crippen LogP) is 3.33. The molecule has 2 aromatic rings. The van der Waals surface area contributed by atoms with Crippen molar-refractivity contribution in [2.24, 2.45) is 0 Å². The van der Waals surface area contributed by atoms with Crippen LogP contribution in [0.4, 0.5) is 8.78 Å². The van der Waals surface area contributed by atoms with Gasteiger partial charge in [0.15, 0.2) is 11.6 Å². The number of hydrogen-bond donors (Lipinski definition) is 0. The van der Waals surface area contributed by atoms with Gasteiger partial charge in [0.05, 0.1) is 12.7 Å². The minimum absolute atomic E-state index is 0.0496. The summed E-state index contributed by atoms with van der Waals surface area (Å²) in [7, 11) is 1.52. The lowest BCUT2D eigenvalue weighted by Crippen LogP contribution is -2.08. The molecular formula is C15H12F2O3. The Bertz CT molecular complexity index is 626. The first-order valence-electron chi connectivity index (χ1n) is 5.86. The van der Waals surface area contributed by atoms with Gasteiger partial charge in [-0.2, -0.15) is 0 Å². The topological polar surface area (TPSA) is 35.5 Å². The number of rotatable bonds is 4. The second-order valence-electron chi connectivity index (χ2n) is 4.03. The number of carbonyl (C=O) groups excluding carboxylic acids is 1. The van der Waals surface area contributed by atoms with Crippen LogP contribution in [-0.2, 0) is 11.3 Å². The average molecular weight is 278 g/mol. The van der Waals surface area contributed by atoms with E-state index in [4.69, 9.17) is 9.47 Å². The number of hydrogen-bond acceptors (Lipinski definition) is 3. The fourth-order valence-corrected chi connectivity index (χ4v) is 1.65. The highest BCUT2D eigenvalue weighted by molar-refractivity contribution is 5.89. The van der Waals surface area contributed by atoms with Gasteiger partial charge < -0.3 is 9.47 Å². The Hall–Kier alpha value is -2.43. The molecule has 0 N–H and O–H groups in total. The Kier molecular flexibility index (Phi) is 4.30. The highest BCUT2D eigenvalue weighted by Crippen LogP contribution is 2.16. The van der Waals surface area contributed by atoms with E-state index in [1.807, 2.05) is 0 Å². The fraction of sp³-hybridized carbons (Fsp3) is 0.133. The summed E-state index contributed by atoms with van der Waals surface area (Å²) >= 11 is 0. The van der Waals surface area contributed by atoms with E-state index in [0.29, 0.717) is 11.3 Å². The third kappa shape index (κ3) is 3.12. The van der Waals surface area contributed by atoms with Crippen LogP contribution in [-0.4, -0.2) is 13.1 Å². The third-order valence-corrected chi connectivity index (χ3v) is 2.68. The molecule has 0 amide bonds. The quantitative estimate of drug-likeness (QED) is 0.805. The lowest BCUT2D eigenvalue weighted by atomic mass is 10.2. The first kappa shape index (κ1) is 14.0. The summed E-state index contributed by atoms with van der Waals surface area (Å²) < 4.78 is 36.4. The second-order valence-corrected chi connectivity index (χ2v) is 4.03. The molecule has 0 spiro atoms. The van der Waals surface area contributed by atoms with Gasteiger partial charge in [-0.25, -0.2) is 13.6 Å². The van der Waals surface area contributed by atoms with Gasteiger partial charge in [0.1, 0.15) is 12.4 Å². The monoisotopic (exact) mass is 278 g/mol. The summed E-state index contributed by atoms with van der Waals surface area (Å²) in [5.41, 5.74) is 0.266. The van der Waals surface area contributed by atoms with Crippen molar-refractivity contribution in [2.45, 2.75) is 6.61 Å². The van der Waals surface area contributed by atoms with Crippen molar-refractivity contribution in [3.05, 3.63) is 65.2 Å². The zero-order valence-electron chi connectivity index (χ0n) is 10.7. The number of esters is 1. The van der Waals surface area contributed by atoms with E-state index in [1.54, 1.807) is 24.3 Å². The predicted molar refractivity (Wildman–Crippen MR) is 68.5 cm³/mol. The standard InChI is InChI=1S/C15H12F2O3/c1-19-11-5-2-4-10(8-11)9-20-15(18)12-6-3-7-13(16)14(12)17/h2-8H,9H2,1H3. The van der Waals surface area contributed by atoms with E-state index in [-0.39, 0.29) is 6.61 Å². The van der Waals surface area contributed by atoms with Gasteiger partial charge in [-0.3, -0.25) is 0 Å². The van der Waals surface area contributed by atoms with Crippen LogP contribution in [0.15, 0.2) is 42.5 Å². The molecule has 0 radical (unpaired) electrons. The Morgan fingerprint density at radius 2 is 1.90 bits per heavy atom. The normalized spacial score (nSPS) is 10.2. The van der Waals surface area contributed by atoms with Crippen LogP contribution in [0.25, 0.3) is 0 Å². The van der Waals surface area contributed by atoms with Crippen molar-refractivity contribution < 1.29 is 23.0 Å². The maximum Gasteiger partial charge on any atom is 0.341 e. The number of halogens is 2. The maximum absolute atomic E-state index is 13.4. The van der Waals surface area contributed by atoms with Crippen molar-refractivity contribution >= 4 is 5.97 Å². The Labute approximate surface area is 114 Å². The average Bonchev–Trinajstić information content (AvgIpc) is 2.48. The lowest BCUT2D eigenvalue weighted by Gasteiger charge is -2.07. The maximum atomic E-state index is 13.4. The summed E-state index contributed by atoms with van der Waals surface area (Å²) in [5, 5.41) is 0. The summed E-state index contributed by atoms with van der Waals surface area (Å²) in [6.07, 6.45) is 0. The Morgan fingerprint density at radius 1 is 1.15 bits per heavy atom. The minimum atomic E-state index is -1.21. The van der Waals surface area contributed by atoms with E-state index < -0.39 is 23.2 Å². The fourth-order valence-electron chi connectivity index (χ4n) is 1.65. The molecule has 3 nitrogen and oxygen atoms in total. The molecule has 0 bridgehead atoms. The number of ether oxygens (including phenoxy) is 2. The molecule has 0 fully saturated rings. The Morgan fingerprint density at radius 3 is 2.65 bits per heavy atom. The molecule has 104 valence electrons. The summed E-state index contributed by atoms with van der Waals surface area (Å²) in [6.45, 7) is -0.0496. The molecule has 0 aromatic heterocycles. The van der Waals surface area contributed by atoms with E-state index in [0.717, 1.165) is 6.07 Å². The molecule has 2 aromatic carbocycles. The van der Waals surface area contributed by atoms with Gasteiger partial charge in [-0.05, 0) is 29.8 Å². The zero-order valence-corrected chi connectivity index (χ0v) is 10.7. The van der Waals surface area contributed by atoms with Crippen molar-refractivity contribution in [3.8, 4) is 5.75 Å². The lowest BCUT2D eigenvalue weighted by molar-refractivity contribution is 0.0466. The third-order valence-electron chi connectivity index (χ3n) is 2.68. The molecular weight excluding hydrogens is 266 g/mol. The molecule has 0 saturated carbocycles. The molecule has 2 rings (SSSR count). The van der Waals surface area contributed by atoms with E-state index >= 15 is 0 Å². The van der Waals surface area contributed by atoms with E-state index in [9.17, 15) is 13.6 Å². The largest absolute Gasteiger partial charge is 0.497 e.